The number of esters is 2. The highest BCUT2D eigenvalue weighted by molar-refractivity contribution is 5.99. The second-order valence-electron chi connectivity index (χ2n) is 5.10. The van der Waals surface area contributed by atoms with Crippen molar-refractivity contribution in [2.24, 2.45) is 0 Å². The zero-order valence-electron chi connectivity index (χ0n) is 13.1. The monoisotopic (exact) mass is 320 g/mol. The van der Waals surface area contributed by atoms with Gasteiger partial charge in [0.05, 0.1) is 37.8 Å². The van der Waals surface area contributed by atoms with Crippen LogP contribution in [0.4, 0.5) is 11.4 Å². The van der Waals surface area contributed by atoms with Gasteiger partial charge >= 0.3 is 11.9 Å². The van der Waals surface area contributed by atoms with Crippen molar-refractivity contribution in [3.05, 3.63) is 36.0 Å². The van der Waals surface area contributed by atoms with E-state index in [1.54, 1.807) is 6.07 Å². The molecule has 2 N–H and O–H groups in total. The SMILES string of the molecule is COC(=O)/C=C(/Nc1ccccc1N1CCC(O)C1)C(=O)OC. The Balaban J connectivity index is 2.28. The average Bonchev–Trinajstić information content (AvgIpc) is 3.00. The number of β-amino-alcohol motifs (C(OH)–C–C–N with tert-alkyl or cyclic N) is 1. The molecule has 124 valence electrons. The van der Waals surface area contributed by atoms with Gasteiger partial charge < -0.3 is 24.8 Å². The summed E-state index contributed by atoms with van der Waals surface area (Å²) in [6.07, 6.45) is 1.37. The zero-order chi connectivity index (χ0) is 16.8. The van der Waals surface area contributed by atoms with Crippen LogP contribution in [0.15, 0.2) is 36.0 Å². The van der Waals surface area contributed by atoms with Crippen molar-refractivity contribution in [2.75, 3.05) is 37.5 Å². The first kappa shape index (κ1) is 16.8. The quantitative estimate of drug-likeness (QED) is 0.615. The second kappa shape index (κ2) is 7.64. The molecule has 0 aliphatic carbocycles. The predicted molar refractivity (Wildman–Crippen MR) is 85.0 cm³/mol. The maximum atomic E-state index is 11.8. The van der Waals surface area contributed by atoms with Crippen molar-refractivity contribution in [1.29, 1.82) is 0 Å². The molecule has 0 aromatic heterocycles. The normalized spacial score (nSPS) is 17.8. The highest BCUT2D eigenvalue weighted by atomic mass is 16.5. The van der Waals surface area contributed by atoms with Crippen molar-refractivity contribution in [3.63, 3.8) is 0 Å². The third kappa shape index (κ3) is 4.23. The number of methoxy groups -OCH3 is 2. The molecule has 0 radical (unpaired) electrons. The number of carbonyl (C=O) groups is 2. The lowest BCUT2D eigenvalue weighted by atomic mass is 10.2. The molecular formula is C16H20N2O5. The van der Waals surface area contributed by atoms with E-state index in [1.165, 1.54) is 14.2 Å². The van der Waals surface area contributed by atoms with Gasteiger partial charge in [-0.25, -0.2) is 9.59 Å². The van der Waals surface area contributed by atoms with Crippen molar-refractivity contribution in [3.8, 4) is 0 Å². The highest BCUT2D eigenvalue weighted by Gasteiger charge is 2.23. The summed E-state index contributed by atoms with van der Waals surface area (Å²) < 4.78 is 9.23. The number of rotatable bonds is 5. The van der Waals surface area contributed by atoms with Crippen molar-refractivity contribution in [2.45, 2.75) is 12.5 Å². The fourth-order valence-electron chi connectivity index (χ4n) is 2.39. The molecule has 7 heteroatoms. The van der Waals surface area contributed by atoms with E-state index in [9.17, 15) is 14.7 Å². The minimum Gasteiger partial charge on any atom is -0.466 e. The first-order valence-corrected chi connectivity index (χ1v) is 7.22. The summed E-state index contributed by atoms with van der Waals surface area (Å²) in [6.45, 7) is 1.24. The first-order chi connectivity index (χ1) is 11.0. The predicted octanol–water partition coefficient (Wildman–Crippen LogP) is 0.899. The van der Waals surface area contributed by atoms with Crippen molar-refractivity contribution >= 4 is 23.3 Å². The Bertz CT molecular complexity index is 614. The molecule has 0 spiro atoms. The van der Waals surface area contributed by atoms with E-state index in [0.29, 0.717) is 25.2 Å². The molecule has 0 amide bonds. The minimum atomic E-state index is -0.674. The number of ether oxygens (including phenoxy) is 2. The Morgan fingerprint density at radius 3 is 2.65 bits per heavy atom. The Hall–Kier alpha value is -2.54. The standard InChI is InChI=1S/C16H20N2O5/c1-22-15(20)9-13(16(21)23-2)17-12-5-3-4-6-14(12)18-8-7-11(19)10-18/h3-6,9,11,17,19H,7-8,10H2,1-2H3/b13-9+. The summed E-state index contributed by atoms with van der Waals surface area (Å²) in [5, 5.41) is 12.6. The number of nitrogens with zero attached hydrogens (tertiary/aromatic N) is 1. The van der Waals surface area contributed by atoms with Crippen LogP contribution in [0.3, 0.4) is 0 Å². The number of para-hydroxylation sites is 2. The maximum Gasteiger partial charge on any atom is 0.354 e. The average molecular weight is 320 g/mol. The van der Waals surface area contributed by atoms with E-state index in [1.807, 2.05) is 23.1 Å². The molecule has 7 nitrogen and oxygen atoms in total. The molecule has 1 atom stereocenters. The van der Waals surface area contributed by atoms with Gasteiger partial charge in [-0.1, -0.05) is 12.1 Å². The summed E-state index contributed by atoms with van der Waals surface area (Å²) in [5.74, 6) is -1.33. The Morgan fingerprint density at radius 2 is 2.04 bits per heavy atom. The van der Waals surface area contributed by atoms with Crippen LogP contribution in [0.5, 0.6) is 0 Å². The lowest BCUT2D eigenvalue weighted by Crippen LogP contribution is -2.23. The number of hydrogen-bond acceptors (Lipinski definition) is 7. The number of benzene rings is 1. The smallest absolute Gasteiger partial charge is 0.354 e. The van der Waals surface area contributed by atoms with Gasteiger partial charge in [0.15, 0.2) is 0 Å². The molecule has 1 aliphatic heterocycles. The third-order valence-electron chi connectivity index (χ3n) is 3.55. The van der Waals surface area contributed by atoms with Crippen LogP contribution in [0, 0.1) is 0 Å². The van der Waals surface area contributed by atoms with Gasteiger partial charge in [0, 0.05) is 13.1 Å². The first-order valence-electron chi connectivity index (χ1n) is 7.22. The second-order valence-corrected chi connectivity index (χ2v) is 5.10. The van der Waals surface area contributed by atoms with Gasteiger partial charge in [0.2, 0.25) is 0 Å². The Kier molecular flexibility index (Phi) is 5.59. The van der Waals surface area contributed by atoms with E-state index in [4.69, 9.17) is 0 Å². The van der Waals surface area contributed by atoms with Crippen LogP contribution in [0.2, 0.25) is 0 Å². The molecular weight excluding hydrogens is 300 g/mol. The molecule has 1 aliphatic rings. The fourth-order valence-corrected chi connectivity index (χ4v) is 2.39. The molecule has 2 rings (SSSR count). The van der Waals surface area contributed by atoms with Gasteiger partial charge in [-0.15, -0.1) is 0 Å². The lowest BCUT2D eigenvalue weighted by Gasteiger charge is -2.22. The van der Waals surface area contributed by atoms with Gasteiger partial charge in [-0.2, -0.15) is 0 Å². The Morgan fingerprint density at radius 1 is 1.30 bits per heavy atom. The summed E-state index contributed by atoms with van der Waals surface area (Å²) in [4.78, 5) is 25.3. The van der Waals surface area contributed by atoms with E-state index in [0.717, 1.165) is 11.8 Å². The molecule has 1 heterocycles. The number of hydrogen-bond donors (Lipinski definition) is 2. The van der Waals surface area contributed by atoms with Crippen LogP contribution in [0.25, 0.3) is 0 Å². The van der Waals surface area contributed by atoms with Gasteiger partial charge in [-0.3, -0.25) is 0 Å². The van der Waals surface area contributed by atoms with Crippen LogP contribution in [-0.4, -0.2) is 50.5 Å². The van der Waals surface area contributed by atoms with Crippen molar-refractivity contribution < 1.29 is 24.2 Å². The largest absolute Gasteiger partial charge is 0.466 e. The molecule has 0 bridgehead atoms. The lowest BCUT2D eigenvalue weighted by molar-refractivity contribution is -0.138. The van der Waals surface area contributed by atoms with Crippen LogP contribution >= 0.6 is 0 Å². The molecule has 0 saturated carbocycles. The minimum absolute atomic E-state index is 0.0217. The van der Waals surface area contributed by atoms with Crippen LogP contribution in [-0.2, 0) is 19.1 Å². The molecule has 1 aromatic rings. The van der Waals surface area contributed by atoms with E-state index in [2.05, 4.69) is 14.8 Å². The molecule has 1 unspecified atom stereocenters. The maximum absolute atomic E-state index is 11.8. The third-order valence-corrected chi connectivity index (χ3v) is 3.55. The summed E-state index contributed by atoms with van der Waals surface area (Å²) in [5.41, 5.74) is 1.46. The highest BCUT2D eigenvalue weighted by Crippen LogP contribution is 2.29. The summed E-state index contributed by atoms with van der Waals surface area (Å²) in [6, 6.07) is 7.35. The summed E-state index contributed by atoms with van der Waals surface area (Å²) in [7, 11) is 2.46. The summed E-state index contributed by atoms with van der Waals surface area (Å²) >= 11 is 0. The van der Waals surface area contributed by atoms with Gasteiger partial charge in [0.25, 0.3) is 0 Å². The molecule has 1 saturated heterocycles. The zero-order valence-corrected chi connectivity index (χ0v) is 13.1. The Labute approximate surface area is 134 Å². The molecule has 1 fully saturated rings. The van der Waals surface area contributed by atoms with Crippen molar-refractivity contribution in [1.82, 2.24) is 0 Å². The number of carbonyl (C=O) groups excluding carboxylic acids is 2. The van der Waals surface area contributed by atoms with E-state index >= 15 is 0 Å². The van der Waals surface area contributed by atoms with E-state index < -0.39 is 11.9 Å². The van der Waals surface area contributed by atoms with Crippen LogP contribution < -0.4 is 10.2 Å². The topological polar surface area (TPSA) is 88.1 Å². The van der Waals surface area contributed by atoms with Gasteiger partial charge in [0.1, 0.15) is 5.70 Å². The fraction of sp³-hybridized carbons (Fsp3) is 0.375. The van der Waals surface area contributed by atoms with Crippen LogP contribution in [0.1, 0.15) is 6.42 Å². The molecule has 23 heavy (non-hydrogen) atoms. The van der Waals surface area contributed by atoms with E-state index in [-0.39, 0.29) is 11.8 Å². The molecule has 1 aromatic carbocycles. The number of aliphatic hydroxyl groups is 1. The number of nitrogens with one attached hydrogen (secondary N) is 1. The number of aliphatic hydroxyl groups excluding tert-OH is 1. The van der Waals surface area contributed by atoms with Gasteiger partial charge in [-0.05, 0) is 18.6 Å². The number of anilines is 2.